The number of hydroxylamine groups is 1. The van der Waals surface area contributed by atoms with Crippen molar-refractivity contribution in [3.63, 3.8) is 0 Å². The number of hydrogen-bond acceptors (Lipinski definition) is 4. The predicted octanol–water partition coefficient (Wildman–Crippen LogP) is 3.82. The molecule has 0 saturated carbocycles. The second-order valence-electron chi connectivity index (χ2n) is 8.78. The van der Waals surface area contributed by atoms with Crippen LogP contribution in [0.5, 0.6) is 0 Å². The van der Waals surface area contributed by atoms with E-state index in [-0.39, 0.29) is 11.1 Å². The van der Waals surface area contributed by atoms with Crippen LogP contribution in [0, 0.1) is 0 Å². The SMILES string of the molecule is CC1(C)NOC2(CC(C)(C)N(Cc3ccccc3)C(C)(C)C2)O1. The van der Waals surface area contributed by atoms with E-state index >= 15 is 0 Å². The van der Waals surface area contributed by atoms with Crippen molar-refractivity contribution in [2.75, 3.05) is 0 Å². The average Bonchev–Trinajstić information content (AvgIpc) is 2.69. The molecule has 1 aromatic carbocycles. The Morgan fingerprint density at radius 3 is 2.00 bits per heavy atom. The van der Waals surface area contributed by atoms with Crippen LogP contribution in [-0.4, -0.2) is 27.5 Å². The van der Waals surface area contributed by atoms with Crippen molar-refractivity contribution < 1.29 is 9.57 Å². The lowest BCUT2D eigenvalue weighted by Crippen LogP contribution is -2.65. The Balaban J connectivity index is 1.86. The normalized spacial score (nSPS) is 28.1. The number of nitrogens with zero attached hydrogens (tertiary/aromatic N) is 1. The van der Waals surface area contributed by atoms with Gasteiger partial charge in [-0.15, -0.1) is 0 Å². The van der Waals surface area contributed by atoms with Crippen LogP contribution >= 0.6 is 0 Å². The number of hydrogen-bond donors (Lipinski definition) is 1. The fraction of sp³-hybridized carbons (Fsp3) is 0.684. The Bertz CT molecular complexity index is 548. The van der Waals surface area contributed by atoms with E-state index in [1.807, 2.05) is 13.8 Å². The summed E-state index contributed by atoms with van der Waals surface area (Å²) in [5.41, 5.74) is 3.91. The molecule has 0 aliphatic carbocycles. The molecular weight excluding hydrogens is 288 g/mol. The summed E-state index contributed by atoms with van der Waals surface area (Å²) in [6.45, 7) is 14.1. The molecular formula is C19H30N2O2. The molecule has 0 unspecified atom stereocenters. The molecule has 23 heavy (non-hydrogen) atoms. The Hall–Kier alpha value is -0.940. The van der Waals surface area contributed by atoms with Crippen molar-refractivity contribution in [3.05, 3.63) is 35.9 Å². The van der Waals surface area contributed by atoms with Gasteiger partial charge in [0, 0.05) is 30.5 Å². The lowest BCUT2D eigenvalue weighted by Gasteiger charge is -2.57. The van der Waals surface area contributed by atoms with Crippen molar-refractivity contribution in [3.8, 4) is 0 Å². The van der Waals surface area contributed by atoms with Crippen LogP contribution in [-0.2, 0) is 16.1 Å². The lowest BCUT2D eigenvalue weighted by atomic mass is 9.75. The maximum Gasteiger partial charge on any atom is 0.193 e. The highest BCUT2D eigenvalue weighted by Crippen LogP contribution is 2.49. The smallest absolute Gasteiger partial charge is 0.193 e. The first kappa shape index (κ1) is 16.9. The van der Waals surface area contributed by atoms with Crippen LogP contribution in [0.25, 0.3) is 0 Å². The third-order valence-corrected chi connectivity index (χ3v) is 4.97. The Labute approximate surface area is 140 Å². The molecule has 1 aromatic rings. The van der Waals surface area contributed by atoms with Gasteiger partial charge in [0.2, 0.25) is 0 Å². The number of likely N-dealkylation sites (tertiary alicyclic amines) is 1. The molecule has 2 fully saturated rings. The number of nitrogens with one attached hydrogen (secondary N) is 1. The van der Waals surface area contributed by atoms with E-state index < -0.39 is 11.5 Å². The second-order valence-corrected chi connectivity index (χ2v) is 8.78. The van der Waals surface area contributed by atoms with Gasteiger partial charge >= 0.3 is 0 Å². The monoisotopic (exact) mass is 318 g/mol. The molecule has 2 heterocycles. The van der Waals surface area contributed by atoms with E-state index in [1.165, 1.54) is 5.56 Å². The van der Waals surface area contributed by atoms with Gasteiger partial charge < -0.3 is 4.74 Å². The van der Waals surface area contributed by atoms with E-state index in [9.17, 15) is 0 Å². The first-order valence-electron chi connectivity index (χ1n) is 8.51. The van der Waals surface area contributed by atoms with E-state index in [0.717, 1.165) is 19.4 Å². The third-order valence-electron chi connectivity index (χ3n) is 4.97. The summed E-state index contributed by atoms with van der Waals surface area (Å²) in [5.74, 6) is -0.552. The summed E-state index contributed by atoms with van der Waals surface area (Å²) in [6, 6.07) is 10.7. The fourth-order valence-electron chi connectivity index (χ4n) is 4.45. The van der Waals surface area contributed by atoms with E-state index in [2.05, 4.69) is 68.4 Å². The molecule has 1 N–H and O–H groups in total. The van der Waals surface area contributed by atoms with Gasteiger partial charge in [-0.3, -0.25) is 9.74 Å². The fourth-order valence-corrected chi connectivity index (χ4v) is 4.45. The quantitative estimate of drug-likeness (QED) is 0.899. The molecule has 0 aromatic heterocycles. The summed E-state index contributed by atoms with van der Waals surface area (Å²) in [4.78, 5) is 8.55. The van der Waals surface area contributed by atoms with E-state index in [1.54, 1.807) is 0 Å². The zero-order valence-corrected chi connectivity index (χ0v) is 15.3. The highest BCUT2D eigenvalue weighted by Gasteiger charge is 2.58. The van der Waals surface area contributed by atoms with Crippen LogP contribution in [0.1, 0.15) is 59.9 Å². The molecule has 4 nitrogen and oxygen atoms in total. The van der Waals surface area contributed by atoms with Gasteiger partial charge in [0.25, 0.3) is 0 Å². The van der Waals surface area contributed by atoms with Crippen LogP contribution in [0.4, 0.5) is 0 Å². The number of piperidine rings is 1. The maximum atomic E-state index is 6.29. The molecule has 0 radical (unpaired) electrons. The van der Waals surface area contributed by atoms with Crippen molar-refractivity contribution in [1.82, 2.24) is 10.4 Å². The summed E-state index contributed by atoms with van der Waals surface area (Å²) in [6.07, 6.45) is 1.68. The van der Waals surface area contributed by atoms with Crippen LogP contribution in [0.3, 0.4) is 0 Å². The summed E-state index contributed by atoms with van der Waals surface area (Å²) in [7, 11) is 0. The molecule has 3 rings (SSSR count). The molecule has 4 heteroatoms. The Kier molecular flexibility index (Phi) is 3.88. The Morgan fingerprint density at radius 2 is 1.52 bits per heavy atom. The Morgan fingerprint density at radius 1 is 0.957 bits per heavy atom. The van der Waals surface area contributed by atoms with Gasteiger partial charge in [-0.25, -0.2) is 0 Å². The van der Waals surface area contributed by atoms with E-state index in [0.29, 0.717) is 0 Å². The lowest BCUT2D eigenvalue weighted by molar-refractivity contribution is -0.260. The van der Waals surface area contributed by atoms with Gasteiger partial charge in [-0.05, 0) is 47.1 Å². The van der Waals surface area contributed by atoms with Gasteiger partial charge in [0.05, 0.1) is 0 Å². The summed E-state index contributed by atoms with van der Waals surface area (Å²) >= 11 is 0. The minimum absolute atomic E-state index is 0.0281. The molecule has 1 spiro atoms. The van der Waals surface area contributed by atoms with Crippen molar-refractivity contribution in [2.45, 2.75) is 83.5 Å². The van der Waals surface area contributed by atoms with Crippen molar-refractivity contribution >= 4 is 0 Å². The van der Waals surface area contributed by atoms with E-state index in [4.69, 9.17) is 9.57 Å². The van der Waals surface area contributed by atoms with Crippen LogP contribution in [0.2, 0.25) is 0 Å². The minimum atomic E-state index is -0.552. The van der Waals surface area contributed by atoms with Crippen molar-refractivity contribution in [1.29, 1.82) is 0 Å². The third kappa shape index (κ3) is 3.31. The van der Waals surface area contributed by atoms with Crippen LogP contribution in [0.15, 0.2) is 30.3 Å². The number of rotatable bonds is 2. The van der Waals surface area contributed by atoms with Crippen LogP contribution < -0.4 is 5.48 Å². The number of benzene rings is 1. The molecule has 2 aliphatic rings. The summed E-state index contributed by atoms with van der Waals surface area (Å²) in [5, 5.41) is 0. The topological polar surface area (TPSA) is 33.7 Å². The highest BCUT2D eigenvalue weighted by molar-refractivity contribution is 5.17. The minimum Gasteiger partial charge on any atom is -0.326 e. The average molecular weight is 318 g/mol. The molecule has 0 atom stereocenters. The second kappa shape index (κ2) is 5.28. The molecule has 0 amide bonds. The summed E-state index contributed by atoms with van der Waals surface area (Å²) < 4.78 is 6.29. The predicted molar refractivity (Wildman–Crippen MR) is 91.5 cm³/mol. The first-order chi connectivity index (χ1) is 10.5. The maximum absolute atomic E-state index is 6.29. The molecule has 128 valence electrons. The first-order valence-corrected chi connectivity index (χ1v) is 8.51. The standard InChI is InChI=1S/C19H30N2O2/c1-16(2)13-19(22-18(5,6)20-23-19)14-17(3,4)21(16)12-15-10-8-7-9-11-15/h7-11,20H,12-14H2,1-6H3. The van der Waals surface area contributed by atoms with Gasteiger partial charge in [-0.2, -0.15) is 5.48 Å². The molecule has 2 saturated heterocycles. The highest BCUT2D eigenvalue weighted by atomic mass is 16.9. The van der Waals surface area contributed by atoms with Gasteiger partial charge in [-0.1, -0.05) is 30.3 Å². The van der Waals surface area contributed by atoms with Crippen molar-refractivity contribution in [2.24, 2.45) is 0 Å². The molecule has 2 aliphatic heterocycles. The van der Waals surface area contributed by atoms with Gasteiger partial charge in [0.1, 0.15) is 5.72 Å². The largest absolute Gasteiger partial charge is 0.326 e. The molecule has 0 bridgehead atoms. The zero-order valence-electron chi connectivity index (χ0n) is 15.3. The zero-order chi connectivity index (χ0) is 16.9. The number of ether oxygens (including phenoxy) is 1. The van der Waals surface area contributed by atoms with Gasteiger partial charge in [0.15, 0.2) is 5.79 Å².